The second-order valence-electron chi connectivity index (χ2n) is 6.41. The zero-order chi connectivity index (χ0) is 20.8. The number of hydrogen-bond acceptors (Lipinski definition) is 6. The van der Waals surface area contributed by atoms with Gasteiger partial charge in [-0.3, -0.25) is 9.69 Å². The number of ether oxygens (including phenoxy) is 2. The molecule has 9 heteroatoms. The number of halogens is 1. The van der Waals surface area contributed by atoms with Crippen LogP contribution in [0, 0.1) is 0 Å². The van der Waals surface area contributed by atoms with Crippen LogP contribution in [0.4, 0.5) is 5.69 Å². The average molecular weight is 416 g/mol. The van der Waals surface area contributed by atoms with Crippen LogP contribution in [0.5, 0.6) is 11.5 Å². The van der Waals surface area contributed by atoms with Crippen LogP contribution in [0.1, 0.15) is 5.56 Å². The summed E-state index contributed by atoms with van der Waals surface area (Å²) in [5, 5.41) is 7.53. The fourth-order valence-corrected chi connectivity index (χ4v) is 3.09. The highest BCUT2D eigenvalue weighted by Crippen LogP contribution is 2.28. The van der Waals surface area contributed by atoms with Gasteiger partial charge in [-0.25, -0.2) is 9.67 Å². The molecule has 0 spiro atoms. The second kappa shape index (κ2) is 9.40. The Morgan fingerprint density at radius 3 is 2.66 bits per heavy atom. The minimum atomic E-state index is -0.170. The lowest BCUT2D eigenvalue weighted by molar-refractivity contribution is -0.117. The zero-order valence-corrected chi connectivity index (χ0v) is 17.2. The summed E-state index contributed by atoms with van der Waals surface area (Å²) in [4.78, 5) is 18.4. The summed E-state index contributed by atoms with van der Waals surface area (Å²) in [5.74, 6) is 1.15. The lowest BCUT2D eigenvalue weighted by Gasteiger charge is -2.18. The molecule has 0 unspecified atom stereocenters. The first-order valence-corrected chi connectivity index (χ1v) is 9.22. The Morgan fingerprint density at radius 1 is 1.17 bits per heavy atom. The molecule has 0 radical (unpaired) electrons. The van der Waals surface area contributed by atoms with E-state index < -0.39 is 0 Å². The van der Waals surface area contributed by atoms with Crippen molar-refractivity contribution in [2.75, 3.05) is 33.1 Å². The van der Waals surface area contributed by atoms with E-state index >= 15 is 0 Å². The summed E-state index contributed by atoms with van der Waals surface area (Å²) in [7, 11) is 5.06. The van der Waals surface area contributed by atoms with Crippen molar-refractivity contribution in [2.24, 2.45) is 0 Å². The molecule has 0 saturated carbocycles. The molecule has 29 heavy (non-hydrogen) atoms. The minimum absolute atomic E-state index is 0.170. The molecule has 0 aliphatic heterocycles. The molecular formula is C20H22ClN5O3. The first-order valence-electron chi connectivity index (χ1n) is 8.84. The summed E-state index contributed by atoms with van der Waals surface area (Å²) in [6.45, 7) is 0.761. The molecule has 8 nitrogen and oxygen atoms in total. The molecule has 3 aromatic rings. The standard InChI is InChI=1S/C20H22ClN5O3/c1-25(10-14-4-7-18(28-2)19(8-14)29-3)11-20(27)24-16-9-15(21)5-6-17(16)26-13-22-12-23-26/h4-9,12-13H,10-11H2,1-3H3,(H,24,27). The summed E-state index contributed by atoms with van der Waals surface area (Å²) in [6.07, 6.45) is 2.99. The molecule has 152 valence electrons. The van der Waals surface area contributed by atoms with Gasteiger partial charge in [0.1, 0.15) is 12.7 Å². The van der Waals surface area contributed by atoms with Crippen molar-refractivity contribution in [1.82, 2.24) is 19.7 Å². The molecule has 0 saturated heterocycles. The van der Waals surface area contributed by atoms with Crippen molar-refractivity contribution in [3.63, 3.8) is 0 Å². The number of amides is 1. The second-order valence-corrected chi connectivity index (χ2v) is 6.85. The Kier molecular flexibility index (Phi) is 6.69. The predicted octanol–water partition coefficient (Wildman–Crippen LogP) is 3.01. The molecule has 1 heterocycles. The van der Waals surface area contributed by atoms with Crippen LogP contribution in [-0.2, 0) is 11.3 Å². The third kappa shape index (κ3) is 5.24. The van der Waals surface area contributed by atoms with E-state index in [1.54, 1.807) is 43.4 Å². The molecule has 2 aromatic carbocycles. The SMILES string of the molecule is COc1ccc(CN(C)CC(=O)Nc2cc(Cl)ccc2-n2cncn2)cc1OC. The Balaban J connectivity index is 1.66. The van der Waals surface area contributed by atoms with E-state index in [0.717, 1.165) is 5.56 Å². The number of likely N-dealkylation sites (N-methyl/N-ethyl adjacent to an activating group) is 1. The summed E-state index contributed by atoms with van der Waals surface area (Å²) >= 11 is 6.10. The van der Waals surface area contributed by atoms with E-state index in [4.69, 9.17) is 21.1 Å². The molecule has 1 amide bonds. The Morgan fingerprint density at radius 2 is 1.97 bits per heavy atom. The summed E-state index contributed by atoms with van der Waals surface area (Å²) in [6, 6.07) is 10.9. The number of nitrogens with zero attached hydrogens (tertiary/aromatic N) is 4. The van der Waals surface area contributed by atoms with E-state index in [-0.39, 0.29) is 12.5 Å². The van der Waals surface area contributed by atoms with Gasteiger partial charge in [-0.05, 0) is 42.9 Å². The van der Waals surface area contributed by atoms with Crippen molar-refractivity contribution in [1.29, 1.82) is 0 Å². The average Bonchev–Trinajstić information content (AvgIpc) is 3.22. The molecule has 0 bridgehead atoms. The van der Waals surface area contributed by atoms with Gasteiger partial charge in [0.2, 0.25) is 5.91 Å². The van der Waals surface area contributed by atoms with Gasteiger partial charge >= 0.3 is 0 Å². The first-order chi connectivity index (χ1) is 14.0. The van der Waals surface area contributed by atoms with Crippen molar-refractivity contribution < 1.29 is 14.3 Å². The number of benzene rings is 2. The number of anilines is 1. The number of nitrogens with one attached hydrogen (secondary N) is 1. The first kappa shape index (κ1) is 20.6. The van der Waals surface area contributed by atoms with Crippen LogP contribution in [0.15, 0.2) is 49.1 Å². The highest BCUT2D eigenvalue weighted by molar-refractivity contribution is 6.31. The van der Waals surface area contributed by atoms with Gasteiger partial charge < -0.3 is 14.8 Å². The van der Waals surface area contributed by atoms with Crippen LogP contribution in [0.3, 0.4) is 0 Å². The van der Waals surface area contributed by atoms with E-state index in [1.165, 1.54) is 6.33 Å². The van der Waals surface area contributed by atoms with E-state index in [2.05, 4.69) is 15.4 Å². The number of hydrogen-bond donors (Lipinski definition) is 1. The maximum Gasteiger partial charge on any atom is 0.238 e. The number of rotatable bonds is 8. The summed E-state index contributed by atoms with van der Waals surface area (Å²) in [5.41, 5.74) is 2.25. The molecule has 1 N–H and O–H groups in total. The van der Waals surface area contributed by atoms with Crippen LogP contribution in [0.25, 0.3) is 5.69 Å². The predicted molar refractivity (Wildman–Crippen MR) is 111 cm³/mol. The smallest absolute Gasteiger partial charge is 0.238 e. The monoisotopic (exact) mass is 415 g/mol. The van der Waals surface area contributed by atoms with E-state index in [9.17, 15) is 4.79 Å². The number of carbonyl (C=O) groups is 1. The normalized spacial score (nSPS) is 10.8. The number of carbonyl (C=O) groups excluding carboxylic acids is 1. The van der Waals surface area contributed by atoms with Gasteiger partial charge in [0, 0.05) is 11.6 Å². The Hall–Kier alpha value is -3.10. The Labute approximate surface area is 174 Å². The number of aromatic nitrogens is 3. The Bertz CT molecular complexity index is 978. The van der Waals surface area contributed by atoms with Crippen molar-refractivity contribution >= 4 is 23.2 Å². The van der Waals surface area contributed by atoms with Gasteiger partial charge in [0.15, 0.2) is 11.5 Å². The molecule has 0 aliphatic rings. The third-order valence-corrected chi connectivity index (χ3v) is 4.45. The van der Waals surface area contributed by atoms with Crippen molar-refractivity contribution in [3.8, 4) is 17.2 Å². The van der Waals surface area contributed by atoms with Gasteiger partial charge in [0.25, 0.3) is 0 Å². The topological polar surface area (TPSA) is 81.5 Å². The van der Waals surface area contributed by atoms with Gasteiger partial charge in [0.05, 0.1) is 32.1 Å². The minimum Gasteiger partial charge on any atom is -0.493 e. The lowest BCUT2D eigenvalue weighted by atomic mass is 10.2. The van der Waals surface area contributed by atoms with Gasteiger partial charge in [-0.1, -0.05) is 17.7 Å². The number of methoxy groups -OCH3 is 2. The molecule has 1 aromatic heterocycles. The third-order valence-electron chi connectivity index (χ3n) is 4.21. The largest absolute Gasteiger partial charge is 0.493 e. The van der Waals surface area contributed by atoms with Crippen LogP contribution in [-0.4, -0.2) is 53.4 Å². The zero-order valence-electron chi connectivity index (χ0n) is 16.4. The van der Waals surface area contributed by atoms with Crippen LogP contribution in [0.2, 0.25) is 5.02 Å². The quantitative estimate of drug-likeness (QED) is 0.609. The molecule has 0 fully saturated rings. The van der Waals surface area contributed by atoms with E-state index in [0.29, 0.717) is 34.4 Å². The molecular weight excluding hydrogens is 394 g/mol. The van der Waals surface area contributed by atoms with Crippen molar-refractivity contribution in [2.45, 2.75) is 6.54 Å². The fraction of sp³-hybridized carbons (Fsp3) is 0.250. The van der Waals surface area contributed by atoms with E-state index in [1.807, 2.05) is 30.1 Å². The fourth-order valence-electron chi connectivity index (χ4n) is 2.92. The molecule has 3 rings (SSSR count). The lowest BCUT2D eigenvalue weighted by Crippen LogP contribution is -2.30. The maximum atomic E-state index is 12.6. The summed E-state index contributed by atoms with van der Waals surface area (Å²) < 4.78 is 12.2. The van der Waals surface area contributed by atoms with Crippen molar-refractivity contribution in [3.05, 3.63) is 59.6 Å². The van der Waals surface area contributed by atoms with Crippen LogP contribution >= 0.6 is 11.6 Å². The molecule has 0 atom stereocenters. The van der Waals surface area contributed by atoms with Crippen LogP contribution < -0.4 is 14.8 Å². The van der Waals surface area contributed by atoms with Gasteiger partial charge in [-0.15, -0.1) is 0 Å². The maximum absolute atomic E-state index is 12.6. The van der Waals surface area contributed by atoms with Gasteiger partial charge in [-0.2, -0.15) is 5.10 Å². The molecule has 0 aliphatic carbocycles. The highest BCUT2D eigenvalue weighted by atomic mass is 35.5. The highest BCUT2D eigenvalue weighted by Gasteiger charge is 2.13.